The van der Waals surface area contributed by atoms with Gasteiger partial charge in [0.25, 0.3) is 16.8 Å². The van der Waals surface area contributed by atoms with E-state index in [0.717, 1.165) is 39.2 Å². The van der Waals surface area contributed by atoms with Crippen LogP contribution in [0.1, 0.15) is 78.6 Å². The average Bonchev–Trinajstić information content (AvgIpc) is 3.93. The third kappa shape index (κ3) is 19.2. The van der Waals surface area contributed by atoms with Crippen molar-refractivity contribution in [3.63, 3.8) is 0 Å². The zero-order valence-electron chi connectivity index (χ0n) is 39.8. The predicted molar refractivity (Wildman–Crippen MR) is 267 cm³/mol. The maximum atomic E-state index is 14.4. The lowest BCUT2D eigenvalue weighted by molar-refractivity contribution is -0.669. The molecule has 0 atom stereocenters. The summed E-state index contributed by atoms with van der Waals surface area (Å²) in [5, 5.41) is 28.1. The summed E-state index contributed by atoms with van der Waals surface area (Å²) in [5.74, 6) is -2.75. The summed E-state index contributed by atoms with van der Waals surface area (Å²) >= 11 is 5.67. The monoisotopic (exact) mass is 1170 g/mol. The van der Waals surface area contributed by atoms with Gasteiger partial charge in [-0.05, 0) is 105 Å². The number of carboxylic acids is 1. The zero-order valence-corrected chi connectivity index (χ0v) is 45.5. The number of carboxylic acid groups (broad SMARTS) is 1. The van der Waals surface area contributed by atoms with Crippen molar-refractivity contribution in [3.05, 3.63) is 173 Å². The largest absolute Gasteiger partial charge is 1.00 e. The molecule has 3 heterocycles. The molecule has 382 valence electrons. The first-order valence-corrected chi connectivity index (χ1v) is 24.8. The van der Waals surface area contributed by atoms with Gasteiger partial charge in [-0.3, -0.25) is 0 Å². The number of ether oxygens (including phenoxy) is 1. The van der Waals surface area contributed by atoms with Gasteiger partial charge in [-0.15, -0.1) is 10.2 Å². The molecule has 0 unspecified atom stereocenters. The molecule has 24 heteroatoms. The first-order valence-electron chi connectivity index (χ1n) is 21.4. The van der Waals surface area contributed by atoms with Crippen molar-refractivity contribution in [1.29, 1.82) is 0 Å². The lowest BCUT2D eigenvalue weighted by Crippen LogP contribution is -3.00. The number of carbonyl (C=O) groups excluding carboxylic acids is 1. The van der Waals surface area contributed by atoms with Crippen molar-refractivity contribution in [2.45, 2.75) is 63.4 Å². The Bertz CT molecular complexity index is 3000. The maximum Gasteiger partial charge on any atom is 0.378 e. The van der Waals surface area contributed by atoms with Crippen LogP contribution in [0.2, 0.25) is 5.15 Å². The number of benzene rings is 4. The smallest absolute Gasteiger partial charge is 0.378 e. The predicted octanol–water partition coefficient (Wildman–Crippen LogP) is 3.26. The van der Waals surface area contributed by atoms with Crippen molar-refractivity contribution in [1.82, 2.24) is 34.4 Å². The number of carbonyl (C=O) groups is 2. The molecular formula is C47H57ClFIN10O8PS2-. The topological polar surface area (TPSA) is 252 Å². The molecule has 0 saturated carbocycles. The average molecular weight is 1170 g/mol. The SMILES string of the molecule is CC(C)OC(=O)c1nc(Cc2ccccc2)n(-c2ccc(S(N)(=O)=O)cc2)n1.CCN(CC)CC.C[n+]1ccccc1Cl.NS(=O)(=O)c1ccc(-n2nc(C(=O)O)nc2Cc2ccccc2)c(F)c1.[I-].[PH2-]. The lowest BCUT2D eigenvalue weighted by atomic mass is 10.1. The van der Waals surface area contributed by atoms with E-state index in [1.165, 1.54) is 36.4 Å². The molecule has 0 aliphatic rings. The van der Waals surface area contributed by atoms with Gasteiger partial charge in [0, 0.05) is 25.0 Å². The molecule has 0 radical (unpaired) electrons. The zero-order chi connectivity index (χ0) is 50.9. The Hall–Kier alpha value is -5.59. The Morgan fingerprint density at radius 1 is 0.732 bits per heavy atom. The number of nitrogens with zero attached hydrogens (tertiary/aromatic N) is 8. The summed E-state index contributed by atoms with van der Waals surface area (Å²) in [5.41, 5.74) is 2.22. The molecule has 0 spiro atoms. The summed E-state index contributed by atoms with van der Waals surface area (Å²) in [6.45, 7) is 13.6. The Kier molecular flexibility index (Phi) is 25.2. The van der Waals surface area contributed by atoms with Crippen LogP contribution >= 0.6 is 21.5 Å². The van der Waals surface area contributed by atoms with Gasteiger partial charge in [-0.1, -0.05) is 81.4 Å². The highest BCUT2D eigenvalue weighted by Gasteiger charge is 2.22. The highest BCUT2D eigenvalue weighted by Crippen LogP contribution is 2.21. The van der Waals surface area contributed by atoms with Crippen molar-refractivity contribution in [2.75, 3.05) is 19.6 Å². The molecule has 0 amide bonds. The summed E-state index contributed by atoms with van der Waals surface area (Å²) < 4.78 is 69.6. The van der Waals surface area contributed by atoms with Crippen molar-refractivity contribution >= 4 is 53.5 Å². The van der Waals surface area contributed by atoms with Crippen molar-refractivity contribution in [3.8, 4) is 11.4 Å². The van der Waals surface area contributed by atoms with Crippen LogP contribution in [-0.4, -0.2) is 94.0 Å². The lowest BCUT2D eigenvalue weighted by Gasteiger charge is -2.13. The molecule has 0 bridgehead atoms. The Labute approximate surface area is 439 Å². The van der Waals surface area contributed by atoms with Crippen LogP contribution in [0.25, 0.3) is 11.4 Å². The molecule has 7 aromatic rings. The number of halogens is 3. The van der Waals surface area contributed by atoms with Gasteiger partial charge in [0.05, 0.1) is 21.6 Å². The molecule has 4 aromatic carbocycles. The van der Waals surface area contributed by atoms with Crippen LogP contribution in [0.3, 0.4) is 0 Å². The Morgan fingerprint density at radius 3 is 1.61 bits per heavy atom. The summed E-state index contributed by atoms with van der Waals surface area (Å²) in [7, 11) is -5.97. The second-order valence-corrected chi connectivity index (χ2v) is 18.6. The Balaban J connectivity index is 0.000000370. The van der Waals surface area contributed by atoms with Gasteiger partial charge < -0.3 is 48.6 Å². The summed E-state index contributed by atoms with van der Waals surface area (Å²) in [4.78, 5) is 33.7. The van der Waals surface area contributed by atoms with Gasteiger partial charge in [-0.2, -0.15) is 4.57 Å². The highest BCUT2D eigenvalue weighted by molar-refractivity contribution is 7.89. The number of nitrogens with two attached hydrogens (primary N) is 2. The molecule has 18 nitrogen and oxygen atoms in total. The fourth-order valence-electron chi connectivity index (χ4n) is 6.10. The van der Waals surface area contributed by atoms with Crippen molar-refractivity contribution < 1.29 is 69.2 Å². The van der Waals surface area contributed by atoms with Gasteiger partial charge in [0.15, 0.2) is 6.20 Å². The van der Waals surface area contributed by atoms with Crippen LogP contribution in [0.4, 0.5) is 4.39 Å². The van der Waals surface area contributed by atoms with Gasteiger partial charge in [0.2, 0.25) is 20.0 Å². The minimum Gasteiger partial charge on any atom is -1.00 e. The highest BCUT2D eigenvalue weighted by atomic mass is 127. The minimum atomic E-state index is -4.07. The summed E-state index contributed by atoms with van der Waals surface area (Å²) in [6, 6.07) is 33.2. The first-order chi connectivity index (χ1) is 32.6. The van der Waals surface area contributed by atoms with Crippen LogP contribution in [-0.2, 0) is 44.7 Å². The van der Waals surface area contributed by atoms with E-state index in [9.17, 15) is 30.8 Å². The maximum absolute atomic E-state index is 14.4. The van der Waals surface area contributed by atoms with Gasteiger partial charge in [0.1, 0.15) is 30.2 Å². The number of hydrogen-bond acceptors (Lipinski definition) is 12. The quantitative estimate of drug-likeness (QED) is 0.0466. The van der Waals surface area contributed by atoms with Crippen molar-refractivity contribution in [2.24, 2.45) is 17.3 Å². The molecule has 0 aliphatic heterocycles. The fourth-order valence-corrected chi connectivity index (χ4v) is 7.27. The third-order valence-corrected chi connectivity index (χ3v) is 11.9. The van der Waals surface area contributed by atoms with E-state index < -0.39 is 48.5 Å². The fraction of sp³-hybridized carbons (Fsp3) is 0.255. The number of primary sulfonamides is 2. The van der Waals surface area contributed by atoms with Crippen LogP contribution in [0.15, 0.2) is 137 Å². The third-order valence-electron chi connectivity index (χ3n) is 9.69. The number of rotatable bonds is 14. The van der Waals surface area contributed by atoms with Gasteiger partial charge >= 0.3 is 11.9 Å². The second-order valence-electron chi connectivity index (χ2n) is 15.1. The number of aryl methyl sites for hydroxylation is 1. The van der Waals surface area contributed by atoms with E-state index in [1.807, 2.05) is 72.4 Å². The number of aromatic nitrogens is 7. The van der Waals surface area contributed by atoms with E-state index in [4.69, 9.17) is 31.7 Å². The van der Waals surface area contributed by atoms with Crippen LogP contribution in [0, 0.1) is 5.82 Å². The molecule has 71 heavy (non-hydrogen) atoms. The van der Waals surface area contributed by atoms with Gasteiger partial charge in [-0.25, -0.2) is 60.4 Å². The minimum absolute atomic E-state index is 0. The van der Waals surface area contributed by atoms with E-state index in [-0.39, 0.29) is 68.6 Å². The molecule has 3 aromatic heterocycles. The number of aromatic carboxylic acids is 1. The molecule has 0 fully saturated rings. The molecular weight excluding hydrogens is 1110 g/mol. The van der Waals surface area contributed by atoms with E-state index in [2.05, 4.69) is 45.8 Å². The molecule has 7 rings (SSSR count). The summed E-state index contributed by atoms with van der Waals surface area (Å²) in [6.07, 6.45) is 2.24. The van der Waals surface area contributed by atoms with E-state index in [1.54, 1.807) is 50.2 Å². The normalized spacial score (nSPS) is 10.8. The number of hydrogen-bond donors (Lipinski definition) is 3. The standard InChI is InChI=1S/C19H20N4O4S.C16H13FN4O4S.C6H7ClN.C6H15N.HI.H2P/c1-13(2)27-19(24)18-21-17(12-14-6-4-3-5-7-14)23(22-18)15-8-10-16(11-9-15)28(20,25)26;17-12-9-11(26(18,24)25)6-7-13(12)21-14(19-15(20-21)16(22)23)8-10-4-2-1-3-5-10;1-8-5-3-2-4-6(8)7;1-4-7(5-2)6-3;;/h3-11,13H,12H2,1-2H3,(H2,20,25,26);1-7,9H,8H2,(H,22,23)(H2,18,24,25);2-5H,1H3;4-6H2,1-3H3;1H;1H2/q;;+1;;;-1/p-1. The van der Waals surface area contributed by atoms with E-state index >= 15 is 0 Å². The number of pyridine rings is 1. The second kappa shape index (κ2) is 29.1. The number of sulfonamides is 2. The first kappa shape index (κ1) is 61.5. The van der Waals surface area contributed by atoms with E-state index in [0.29, 0.717) is 17.9 Å². The number of esters is 1. The molecule has 0 saturated heterocycles. The van der Waals surface area contributed by atoms with Crippen LogP contribution in [0.5, 0.6) is 0 Å². The Morgan fingerprint density at radius 2 is 1.20 bits per heavy atom. The molecule has 5 N–H and O–H groups in total. The van der Waals surface area contributed by atoms with Crippen LogP contribution < -0.4 is 38.8 Å². The molecule has 0 aliphatic carbocycles.